The topological polar surface area (TPSA) is 81.1 Å². The molecule has 0 aliphatic rings. The molecule has 4 nitrogen and oxygen atoms in total. The maximum atomic E-state index is 10.9. The van der Waals surface area contributed by atoms with Crippen LogP contribution in [0.25, 0.3) is 0 Å². The quantitative estimate of drug-likeness (QED) is 0.511. The van der Waals surface area contributed by atoms with E-state index in [-0.39, 0.29) is 11.3 Å². The largest absolute Gasteiger partial charge is 0.358 e. The second kappa shape index (κ2) is 5.97. The molecule has 0 rings (SSSR count). The van der Waals surface area contributed by atoms with Gasteiger partial charge in [-0.1, -0.05) is 20.8 Å². The molecule has 1 amide bonds. The van der Waals surface area contributed by atoms with Crippen LogP contribution in [0.4, 0.5) is 0 Å². The van der Waals surface area contributed by atoms with E-state index in [4.69, 9.17) is 5.73 Å². The highest BCUT2D eigenvalue weighted by molar-refractivity contribution is 5.81. The lowest BCUT2D eigenvalue weighted by molar-refractivity contribution is -0.123. The van der Waals surface area contributed by atoms with Crippen LogP contribution in [0.2, 0.25) is 0 Å². The molecule has 0 aromatic carbocycles. The van der Waals surface area contributed by atoms with Gasteiger partial charge in [0.1, 0.15) is 0 Å². The summed E-state index contributed by atoms with van der Waals surface area (Å²) in [4.78, 5) is 10.9. The van der Waals surface area contributed by atoms with Gasteiger partial charge in [-0.15, -0.1) is 0 Å². The number of amides is 1. The Morgan fingerprint density at radius 2 is 1.67 bits per heavy atom. The van der Waals surface area contributed by atoms with E-state index in [1.807, 2.05) is 20.8 Å². The van der Waals surface area contributed by atoms with E-state index < -0.39 is 6.04 Å². The van der Waals surface area contributed by atoms with Crippen LogP contribution in [0.1, 0.15) is 20.8 Å². The third-order valence-electron chi connectivity index (χ3n) is 1.46. The minimum absolute atomic E-state index is 0.104. The van der Waals surface area contributed by atoms with E-state index in [9.17, 15) is 4.79 Å². The Labute approximate surface area is 74.7 Å². The fourth-order valence-corrected chi connectivity index (χ4v) is 0.549. The van der Waals surface area contributed by atoms with Gasteiger partial charge < -0.3 is 16.8 Å². The monoisotopic (exact) mass is 175 g/mol. The highest BCUT2D eigenvalue weighted by Crippen LogP contribution is 2.16. The minimum Gasteiger partial charge on any atom is -0.358 e. The van der Waals surface area contributed by atoms with Crippen molar-refractivity contribution in [3.05, 3.63) is 0 Å². The van der Waals surface area contributed by atoms with Gasteiger partial charge in [-0.25, -0.2) is 0 Å². The van der Waals surface area contributed by atoms with Crippen molar-refractivity contribution >= 4 is 5.91 Å². The molecular weight excluding hydrogens is 154 g/mol. The molecule has 0 saturated carbocycles. The second-order valence-electron chi connectivity index (χ2n) is 3.46. The molecule has 0 fully saturated rings. The standard InChI is InChI=1S/C7H16N2O.CH5N/c1-7(2,3)5(8)6(10)9-4;1-2/h5H,8H2,1-4H3,(H,9,10);2H2,1H3/t5-;/m1./s1. The summed E-state index contributed by atoms with van der Waals surface area (Å²) >= 11 is 0. The number of nitrogens with two attached hydrogens (primary N) is 2. The maximum Gasteiger partial charge on any atom is 0.237 e. The zero-order valence-electron chi connectivity index (χ0n) is 8.64. The summed E-state index contributed by atoms with van der Waals surface area (Å²) in [5.74, 6) is -0.104. The van der Waals surface area contributed by atoms with E-state index in [0.717, 1.165) is 0 Å². The van der Waals surface area contributed by atoms with E-state index >= 15 is 0 Å². The van der Waals surface area contributed by atoms with Gasteiger partial charge in [0, 0.05) is 7.05 Å². The van der Waals surface area contributed by atoms with Crippen LogP contribution in [-0.2, 0) is 4.79 Å². The average molecular weight is 175 g/mol. The first-order chi connectivity index (χ1) is 5.39. The number of hydrogen-bond acceptors (Lipinski definition) is 3. The molecule has 74 valence electrons. The van der Waals surface area contributed by atoms with Crippen LogP contribution in [0.3, 0.4) is 0 Å². The van der Waals surface area contributed by atoms with Crippen molar-refractivity contribution in [2.24, 2.45) is 16.9 Å². The predicted octanol–water partition coefficient (Wildman–Crippen LogP) is -0.319. The Morgan fingerprint density at radius 1 is 1.33 bits per heavy atom. The van der Waals surface area contributed by atoms with Crippen molar-refractivity contribution < 1.29 is 4.79 Å². The molecule has 4 heteroatoms. The number of likely N-dealkylation sites (N-methyl/N-ethyl adjacent to an activating group) is 1. The van der Waals surface area contributed by atoms with E-state index in [0.29, 0.717) is 0 Å². The van der Waals surface area contributed by atoms with Crippen molar-refractivity contribution in [1.29, 1.82) is 0 Å². The Kier molecular flexibility index (Phi) is 6.94. The summed E-state index contributed by atoms with van der Waals surface area (Å²) in [6, 6.07) is -0.419. The van der Waals surface area contributed by atoms with Gasteiger partial charge >= 0.3 is 0 Å². The third-order valence-corrected chi connectivity index (χ3v) is 1.46. The smallest absolute Gasteiger partial charge is 0.237 e. The number of rotatable bonds is 1. The molecule has 0 aliphatic carbocycles. The molecule has 0 aromatic heterocycles. The Hall–Kier alpha value is -0.610. The second-order valence-corrected chi connectivity index (χ2v) is 3.46. The number of carbonyl (C=O) groups is 1. The van der Waals surface area contributed by atoms with Crippen LogP contribution in [0.15, 0.2) is 0 Å². The highest BCUT2D eigenvalue weighted by atomic mass is 16.2. The highest BCUT2D eigenvalue weighted by Gasteiger charge is 2.26. The zero-order valence-corrected chi connectivity index (χ0v) is 8.64. The van der Waals surface area contributed by atoms with Crippen molar-refractivity contribution in [2.75, 3.05) is 14.1 Å². The molecule has 0 bridgehead atoms. The van der Waals surface area contributed by atoms with Crippen molar-refractivity contribution in [1.82, 2.24) is 5.32 Å². The molecule has 0 radical (unpaired) electrons. The van der Waals surface area contributed by atoms with E-state index in [1.165, 1.54) is 7.05 Å². The van der Waals surface area contributed by atoms with Gasteiger partial charge in [0.2, 0.25) is 5.91 Å². The lowest BCUT2D eigenvalue weighted by atomic mass is 9.87. The fourth-order valence-electron chi connectivity index (χ4n) is 0.549. The summed E-state index contributed by atoms with van der Waals surface area (Å²) in [7, 11) is 3.09. The summed E-state index contributed by atoms with van der Waals surface area (Å²) in [6.45, 7) is 5.81. The van der Waals surface area contributed by atoms with Crippen LogP contribution in [0, 0.1) is 5.41 Å². The van der Waals surface area contributed by atoms with Crippen molar-refractivity contribution in [3.63, 3.8) is 0 Å². The fraction of sp³-hybridized carbons (Fsp3) is 0.875. The van der Waals surface area contributed by atoms with Gasteiger partial charge in [-0.3, -0.25) is 4.79 Å². The molecule has 0 aromatic rings. The first-order valence-corrected chi connectivity index (χ1v) is 3.94. The molecule has 0 saturated heterocycles. The van der Waals surface area contributed by atoms with Gasteiger partial charge in [0.15, 0.2) is 0 Å². The van der Waals surface area contributed by atoms with E-state index in [1.54, 1.807) is 7.05 Å². The molecular formula is C8H21N3O. The van der Waals surface area contributed by atoms with Crippen molar-refractivity contribution in [2.45, 2.75) is 26.8 Å². The van der Waals surface area contributed by atoms with Gasteiger partial charge in [0.05, 0.1) is 6.04 Å². The SMILES string of the molecule is CN.CNC(=O)[C@@H](N)C(C)(C)C. The maximum absolute atomic E-state index is 10.9. The Bertz CT molecular complexity index is 129. The number of hydrogen-bond donors (Lipinski definition) is 3. The van der Waals surface area contributed by atoms with Crippen LogP contribution < -0.4 is 16.8 Å². The Balaban J connectivity index is 0. The van der Waals surface area contributed by atoms with Gasteiger partial charge in [-0.2, -0.15) is 0 Å². The number of carbonyl (C=O) groups excluding carboxylic acids is 1. The molecule has 0 heterocycles. The Morgan fingerprint density at radius 3 is 1.75 bits per heavy atom. The number of nitrogens with one attached hydrogen (secondary N) is 1. The zero-order chi connectivity index (χ0) is 10.4. The van der Waals surface area contributed by atoms with Crippen molar-refractivity contribution in [3.8, 4) is 0 Å². The molecule has 12 heavy (non-hydrogen) atoms. The molecule has 0 spiro atoms. The van der Waals surface area contributed by atoms with E-state index in [2.05, 4.69) is 11.1 Å². The molecule has 0 aliphatic heterocycles. The lowest BCUT2D eigenvalue weighted by Gasteiger charge is -2.24. The first kappa shape index (κ1) is 13.9. The summed E-state index contributed by atoms with van der Waals surface area (Å²) in [5.41, 5.74) is 9.94. The van der Waals surface area contributed by atoms with Crippen LogP contribution in [0.5, 0.6) is 0 Å². The molecule has 5 N–H and O–H groups in total. The first-order valence-electron chi connectivity index (χ1n) is 3.94. The predicted molar refractivity (Wildman–Crippen MR) is 51.6 cm³/mol. The lowest BCUT2D eigenvalue weighted by Crippen LogP contribution is -2.47. The normalized spacial score (nSPS) is 12.6. The minimum atomic E-state index is -0.419. The van der Waals surface area contributed by atoms with Crippen LogP contribution in [-0.4, -0.2) is 26.0 Å². The summed E-state index contributed by atoms with van der Waals surface area (Å²) in [6.07, 6.45) is 0. The third kappa shape index (κ3) is 5.09. The average Bonchev–Trinajstić information content (AvgIpc) is 2.04. The van der Waals surface area contributed by atoms with Crippen LogP contribution >= 0.6 is 0 Å². The van der Waals surface area contributed by atoms with Gasteiger partial charge in [-0.05, 0) is 12.5 Å². The molecule has 1 atom stereocenters. The van der Waals surface area contributed by atoms with Gasteiger partial charge in [0.25, 0.3) is 0 Å². The summed E-state index contributed by atoms with van der Waals surface area (Å²) < 4.78 is 0. The molecule has 0 unspecified atom stereocenters. The summed E-state index contributed by atoms with van der Waals surface area (Å²) in [5, 5.41) is 2.51.